The lowest BCUT2D eigenvalue weighted by Crippen LogP contribution is -2.52. The van der Waals surface area contributed by atoms with E-state index in [1.54, 1.807) is 0 Å². The van der Waals surface area contributed by atoms with Gasteiger partial charge in [0.1, 0.15) is 0 Å². The van der Waals surface area contributed by atoms with Gasteiger partial charge in [0.2, 0.25) is 0 Å². The molecule has 2 heterocycles. The van der Waals surface area contributed by atoms with E-state index in [0.717, 1.165) is 13.0 Å². The number of carbonyl (C=O) groups excluding carboxylic acids is 1. The fourth-order valence-electron chi connectivity index (χ4n) is 3.15. The summed E-state index contributed by atoms with van der Waals surface area (Å²) in [5.41, 5.74) is 0. The molecule has 1 N–H and O–H groups in total. The van der Waals surface area contributed by atoms with Crippen LogP contribution in [0.1, 0.15) is 26.7 Å². The molecule has 0 spiro atoms. The summed E-state index contributed by atoms with van der Waals surface area (Å²) >= 11 is 0. The first kappa shape index (κ1) is 14.9. The molecule has 20 heavy (non-hydrogen) atoms. The van der Waals surface area contributed by atoms with E-state index in [4.69, 9.17) is 0 Å². The Morgan fingerprint density at radius 3 is 2.50 bits per heavy atom. The van der Waals surface area contributed by atoms with Crippen molar-refractivity contribution in [2.24, 2.45) is 17.8 Å². The highest BCUT2D eigenvalue weighted by atomic mass is 16.4. The summed E-state index contributed by atoms with van der Waals surface area (Å²) in [5, 5.41) is 9.31. The van der Waals surface area contributed by atoms with Crippen LogP contribution in [0.4, 0.5) is 4.79 Å². The average Bonchev–Trinajstić information content (AvgIpc) is 2.46. The number of carboxylic acids is 1. The Kier molecular flexibility index (Phi) is 4.68. The number of amides is 2. The summed E-state index contributed by atoms with van der Waals surface area (Å²) in [7, 11) is 0. The standard InChI is InChI=1S/C15H24N2O3/c1-11(2)13-10-17(9-6-12(13)14(18)19)15(20)16-7-4-3-5-8-16/h3-4,11-13H,5-10H2,1-2H3,(H,18,19)/t12-,13-/m0/s1. The number of nitrogens with zero attached hydrogens (tertiary/aromatic N) is 2. The fraction of sp³-hybridized carbons (Fsp3) is 0.733. The van der Waals surface area contributed by atoms with Crippen molar-refractivity contribution in [3.05, 3.63) is 12.2 Å². The molecular formula is C15H24N2O3. The van der Waals surface area contributed by atoms with Crippen molar-refractivity contribution in [1.82, 2.24) is 9.80 Å². The second kappa shape index (κ2) is 6.29. The number of likely N-dealkylation sites (tertiary alicyclic amines) is 1. The van der Waals surface area contributed by atoms with Crippen LogP contribution in [0.15, 0.2) is 12.2 Å². The molecule has 2 amide bonds. The van der Waals surface area contributed by atoms with Crippen molar-refractivity contribution in [2.45, 2.75) is 26.7 Å². The Morgan fingerprint density at radius 1 is 1.20 bits per heavy atom. The van der Waals surface area contributed by atoms with E-state index >= 15 is 0 Å². The van der Waals surface area contributed by atoms with Crippen LogP contribution in [0.5, 0.6) is 0 Å². The number of piperidine rings is 1. The van der Waals surface area contributed by atoms with Crippen molar-refractivity contribution < 1.29 is 14.7 Å². The molecule has 1 fully saturated rings. The third kappa shape index (κ3) is 3.14. The van der Waals surface area contributed by atoms with Gasteiger partial charge in [-0.05, 0) is 24.7 Å². The van der Waals surface area contributed by atoms with Gasteiger partial charge in [0.15, 0.2) is 0 Å². The number of carboxylic acid groups (broad SMARTS) is 1. The van der Waals surface area contributed by atoms with Gasteiger partial charge in [-0.2, -0.15) is 0 Å². The van der Waals surface area contributed by atoms with Gasteiger partial charge < -0.3 is 14.9 Å². The first-order valence-electron chi connectivity index (χ1n) is 7.42. The van der Waals surface area contributed by atoms with Gasteiger partial charge in [-0.25, -0.2) is 4.79 Å². The lowest BCUT2D eigenvalue weighted by Gasteiger charge is -2.41. The molecule has 0 aromatic carbocycles. The van der Waals surface area contributed by atoms with Crippen LogP contribution < -0.4 is 0 Å². The first-order chi connectivity index (χ1) is 9.50. The molecule has 2 aliphatic rings. The van der Waals surface area contributed by atoms with E-state index in [2.05, 4.69) is 6.08 Å². The maximum absolute atomic E-state index is 12.5. The van der Waals surface area contributed by atoms with Crippen LogP contribution in [0.3, 0.4) is 0 Å². The predicted octanol–water partition coefficient (Wildman–Crippen LogP) is 2.05. The second-order valence-corrected chi connectivity index (χ2v) is 6.08. The van der Waals surface area contributed by atoms with E-state index in [0.29, 0.717) is 26.1 Å². The summed E-state index contributed by atoms with van der Waals surface area (Å²) in [5.74, 6) is -0.726. The fourth-order valence-corrected chi connectivity index (χ4v) is 3.15. The highest BCUT2D eigenvalue weighted by Crippen LogP contribution is 2.30. The van der Waals surface area contributed by atoms with E-state index in [1.165, 1.54) is 0 Å². The largest absolute Gasteiger partial charge is 0.481 e. The van der Waals surface area contributed by atoms with E-state index in [9.17, 15) is 14.7 Å². The number of urea groups is 1. The highest BCUT2D eigenvalue weighted by molar-refractivity contribution is 5.76. The molecule has 0 saturated carbocycles. The van der Waals surface area contributed by atoms with Gasteiger partial charge in [0.25, 0.3) is 0 Å². The zero-order valence-electron chi connectivity index (χ0n) is 12.3. The van der Waals surface area contributed by atoms with Crippen LogP contribution in [0, 0.1) is 17.8 Å². The Labute approximate surface area is 120 Å². The van der Waals surface area contributed by atoms with E-state index in [-0.39, 0.29) is 23.8 Å². The monoisotopic (exact) mass is 280 g/mol. The quantitative estimate of drug-likeness (QED) is 0.787. The third-order valence-electron chi connectivity index (χ3n) is 4.43. The van der Waals surface area contributed by atoms with Crippen LogP contribution in [-0.2, 0) is 4.79 Å². The Balaban J connectivity index is 2.02. The summed E-state index contributed by atoms with van der Waals surface area (Å²) < 4.78 is 0. The van der Waals surface area contributed by atoms with Crippen LogP contribution in [-0.4, -0.2) is 53.1 Å². The van der Waals surface area contributed by atoms with Crippen LogP contribution >= 0.6 is 0 Å². The minimum atomic E-state index is -0.725. The Bertz CT molecular complexity index is 406. The number of rotatable bonds is 2. The van der Waals surface area contributed by atoms with Gasteiger partial charge in [-0.3, -0.25) is 4.79 Å². The van der Waals surface area contributed by atoms with E-state index in [1.807, 2.05) is 29.7 Å². The number of hydrogen-bond acceptors (Lipinski definition) is 2. The summed E-state index contributed by atoms with van der Waals surface area (Å²) in [6.07, 6.45) is 5.58. The van der Waals surface area contributed by atoms with Gasteiger partial charge in [0, 0.05) is 26.2 Å². The molecule has 112 valence electrons. The molecule has 5 nitrogen and oxygen atoms in total. The lowest BCUT2D eigenvalue weighted by atomic mass is 9.78. The molecule has 0 radical (unpaired) electrons. The van der Waals surface area contributed by atoms with Gasteiger partial charge in [-0.15, -0.1) is 0 Å². The number of hydrogen-bond donors (Lipinski definition) is 1. The van der Waals surface area contributed by atoms with Gasteiger partial charge in [0.05, 0.1) is 5.92 Å². The molecule has 1 saturated heterocycles. The van der Waals surface area contributed by atoms with Crippen LogP contribution in [0.2, 0.25) is 0 Å². The maximum Gasteiger partial charge on any atom is 0.320 e. The molecule has 2 rings (SSSR count). The zero-order valence-corrected chi connectivity index (χ0v) is 12.3. The Hall–Kier alpha value is -1.52. The topological polar surface area (TPSA) is 60.9 Å². The minimum absolute atomic E-state index is 0.0468. The number of carbonyl (C=O) groups is 2. The van der Waals surface area contributed by atoms with Gasteiger partial charge >= 0.3 is 12.0 Å². The molecule has 0 aliphatic carbocycles. The third-order valence-corrected chi connectivity index (χ3v) is 4.43. The minimum Gasteiger partial charge on any atom is -0.481 e. The molecule has 0 unspecified atom stereocenters. The average molecular weight is 280 g/mol. The predicted molar refractivity (Wildman–Crippen MR) is 76.4 cm³/mol. The molecule has 0 aromatic rings. The molecular weight excluding hydrogens is 256 g/mol. The van der Waals surface area contributed by atoms with Crippen molar-refractivity contribution in [2.75, 3.05) is 26.2 Å². The lowest BCUT2D eigenvalue weighted by molar-refractivity contribution is -0.146. The van der Waals surface area contributed by atoms with Crippen LogP contribution in [0.25, 0.3) is 0 Å². The number of aliphatic carboxylic acids is 1. The van der Waals surface area contributed by atoms with Gasteiger partial charge in [-0.1, -0.05) is 26.0 Å². The normalized spacial score (nSPS) is 26.9. The van der Waals surface area contributed by atoms with E-state index < -0.39 is 5.97 Å². The van der Waals surface area contributed by atoms with Crippen molar-refractivity contribution in [3.8, 4) is 0 Å². The SMILES string of the molecule is CC(C)[C@@H]1CN(C(=O)N2CC=CCC2)CC[C@@H]1C(=O)O. The molecule has 2 atom stereocenters. The van der Waals surface area contributed by atoms with Crippen molar-refractivity contribution >= 4 is 12.0 Å². The second-order valence-electron chi connectivity index (χ2n) is 6.08. The molecule has 0 aromatic heterocycles. The maximum atomic E-state index is 12.5. The zero-order chi connectivity index (χ0) is 14.7. The summed E-state index contributed by atoms with van der Waals surface area (Å²) in [6.45, 7) is 6.63. The smallest absolute Gasteiger partial charge is 0.320 e. The molecule has 0 bridgehead atoms. The summed E-state index contributed by atoms with van der Waals surface area (Å²) in [6, 6.07) is 0.0591. The summed E-state index contributed by atoms with van der Waals surface area (Å²) in [4.78, 5) is 27.5. The highest BCUT2D eigenvalue weighted by Gasteiger charge is 2.38. The molecule has 5 heteroatoms. The van der Waals surface area contributed by atoms with Crippen molar-refractivity contribution in [1.29, 1.82) is 0 Å². The van der Waals surface area contributed by atoms with Crippen molar-refractivity contribution in [3.63, 3.8) is 0 Å². The Morgan fingerprint density at radius 2 is 1.95 bits per heavy atom. The molecule has 2 aliphatic heterocycles. The first-order valence-corrected chi connectivity index (χ1v) is 7.42.